The normalized spacial score (nSPS) is 12.2. The van der Waals surface area contributed by atoms with Crippen LogP contribution in [-0.4, -0.2) is 22.2 Å². The summed E-state index contributed by atoms with van der Waals surface area (Å²) in [5.41, 5.74) is 1.01. The van der Waals surface area contributed by atoms with Crippen LogP contribution in [0.4, 0.5) is 0 Å². The Kier molecular flexibility index (Phi) is 6.15. The Morgan fingerprint density at radius 2 is 1.89 bits per heavy atom. The van der Waals surface area contributed by atoms with Gasteiger partial charge in [-0.1, -0.05) is 30.3 Å². The van der Waals surface area contributed by atoms with Gasteiger partial charge in [-0.3, -0.25) is 9.59 Å². The average molecular weight is 264 g/mol. The second-order valence-corrected chi connectivity index (χ2v) is 4.04. The zero-order valence-electron chi connectivity index (χ0n) is 10.4. The Bertz CT molecular complexity index is 438. The molecule has 1 atom stereocenters. The van der Waals surface area contributed by atoms with Crippen LogP contribution < -0.4 is 0 Å². The number of ether oxygens (including phenoxy) is 1. The van der Waals surface area contributed by atoms with E-state index in [2.05, 4.69) is 0 Å². The largest absolute Gasteiger partial charge is 0.497 e. The summed E-state index contributed by atoms with van der Waals surface area (Å²) in [4.78, 5) is 21.3. The Morgan fingerprint density at radius 3 is 2.47 bits per heavy atom. The van der Waals surface area contributed by atoms with E-state index < -0.39 is 24.3 Å². The van der Waals surface area contributed by atoms with Crippen molar-refractivity contribution < 1.29 is 24.5 Å². The summed E-state index contributed by atoms with van der Waals surface area (Å²) in [5.74, 6) is -3.16. The van der Waals surface area contributed by atoms with E-state index in [4.69, 9.17) is 14.9 Å². The molecule has 0 aliphatic carbocycles. The van der Waals surface area contributed by atoms with Crippen molar-refractivity contribution in [3.8, 4) is 0 Å². The first kappa shape index (κ1) is 14.8. The van der Waals surface area contributed by atoms with E-state index in [9.17, 15) is 9.59 Å². The van der Waals surface area contributed by atoms with Crippen LogP contribution in [0.25, 0.3) is 0 Å². The van der Waals surface area contributed by atoms with Crippen LogP contribution in [0.5, 0.6) is 0 Å². The van der Waals surface area contributed by atoms with E-state index in [1.54, 1.807) is 0 Å². The molecule has 0 bridgehead atoms. The van der Waals surface area contributed by atoms with Gasteiger partial charge in [-0.05, 0) is 18.1 Å². The first-order valence-corrected chi connectivity index (χ1v) is 5.84. The number of aliphatic carboxylic acids is 2. The zero-order chi connectivity index (χ0) is 14.1. The van der Waals surface area contributed by atoms with Crippen molar-refractivity contribution in [1.29, 1.82) is 0 Å². The highest BCUT2D eigenvalue weighted by Crippen LogP contribution is 2.10. The molecule has 1 aromatic carbocycles. The molecule has 19 heavy (non-hydrogen) atoms. The minimum atomic E-state index is -1.12. The Balaban J connectivity index is 2.32. The molecular weight excluding hydrogens is 248 g/mol. The number of carbonyl (C=O) groups is 2. The summed E-state index contributed by atoms with van der Waals surface area (Å²) in [5, 5.41) is 17.4. The topological polar surface area (TPSA) is 83.8 Å². The lowest BCUT2D eigenvalue weighted by molar-refractivity contribution is -0.148. The molecule has 2 N–H and O–H groups in total. The fraction of sp³-hybridized carbons (Fsp3) is 0.286. The van der Waals surface area contributed by atoms with Crippen molar-refractivity contribution in [2.24, 2.45) is 5.92 Å². The number of carboxylic acid groups (broad SMARTS) is 2. The molecule has 0 saturated heterocycles. The number of hydrogen-bond acceptors (Lipinski definition) is 3. The average Bonchev–Trinajstić information content (AvgIpc) is 2.37. The molecule has 5 heteroatoms. The van der Waals surface area contributed by atoms with Crippen LogP contribution in [0, 0.1) is 5.92 Å². The minimum Gasteiger partial charge on any atom is -0.497 e. The minimum absolute atomic E-state index is 0.135. The Labute approximate surface area is 111 Å². The van der Waals surface area contributed by atoms with Gasteiger partial charge in [0, 0.05) is 0 Å². The van der Waals surface area contributed by atoms with Gasteiger partial charge in [-0.2, -0.15) is 0 Å². The highest BCUT2D eigenvalue weighted by atomic mass is 16.5. The van der Waals surface area contributed by atoms with Gasteiger partial charge >= 0.3 is 11.9 Å². The lowest BCUT2D eigenvalue weighted by atomic mass is 10.0. The fourth-order valence-electron chi connectivity index (χ4n) is 1.49. The summed E-state index contributed by atoms with van der Waals surface area (Å²) in [6.45, 7) is 0.397. The first-order chi connectivity index (χ1) is 9.09. The molecule has 1 aromatic rings. The molecular formula is C14H16O5. The van der Waals surface area contributed by atoms with Gasteiger partial charge in [0.25, 0.3) is 0 Å². The van der Waals surface area contributed by atoms with Gasteiger partial charge in [-0.25, -0.2) is 0 Å². The van der Waals surface area contributed by atoms with E-state index in [1.807, 2.05) is 30.3 Å². The smallest absolute Gasteiger partial charge is 0.307 e. The molecule has 0 amide bonds. The van der Waals surface area contributed by atoms with Gasteiger partial charge in [0.05, 0.1) is 18.6 Å². The molecule has 0 aliphatic rings. The maximum atomic E-state index is 10.8. The predicted octanol–water partition coefficient (Wildman–Crippen LogP) is 2.28. The van der Waals surface area contributed by atoms with Gasteiger partial charge in [0.1, 0.15) is 6.61 Å². The van der Waals surface area contributed by atoms with Crippen molar-refractivity contribution in [2.75, 3.05) is 0 Å². The van der Waals surface area contributed by atoms with Crippen molar-refractivity contribution in [1.82, 2.24) is 0 Å². The lowest BCUT2D eigenvalue weighted by Crippen LogP contribution is -2.16. The van der Waals surface area contributed by atoms with Crippen LogP contribution in [0.2, 0.25) is 0 Å². The quantitative estimate of drug-likeness (QED) is 0.704. The maximum Gasteiger partial charge on any atom is 0.307 e. The Hall–Kier alpha value is -2.30. The van der Waals surface area contributed by atoms with Gasteiger partial charge < -0.3 is 14.9 Å². The van der Waals surface area contributed by atoms with E-state index in [1.165, 1.54) is 12.3 Å². The second kappa shape index (κ2) is 7.92. The number of hydrogen-bond donors (Lipinski definition) is 2. The third-order valence-electron chi connectivity index (χ3n) is 2.48. The SMILES string of the molecule is O=C(O)CC(CC=COCc1ccccc1)C(=O)O. The zero-order valence-corrected chi connectivity index (χ0v) is 10.4. The summed E-state index contributed by atoms with van der Waals surface area (Å²) in [6.07, 6.45) is 2.68. The van der Waals surface area contributed by atoms with E-state index in [0.29, 0.717) is 6.61 Å². The standard InChI is InChI=1S/C14H16O5/c15-13(16)9-12(14(17)18)7-4-8-19-10-11-5-2-1-3-6-11/h1-6,8,12H,7,9-10H2,(H,15,16)(H,17,18). The predicted molar refractivity (Wildman–Crippen MR) is 68.4 cm³/mol. The molecule has 0 saturated carbocycles. The maximum absolute atomic E-state index is 10.8. The fourth-order valence-corrected chi connectivity index (χ4v) is 1.49. The molecule has 0 radical (unpaired) electrons. The third kappa shape index (κ3) is 6.26. The summed E-state index contributed by atoms with van der Waals surface area (Å²) >= 11 is 0. The first-order valence-electron chi connectivity index (χ1n) is 5.84. The summed E-state index contributed by atoms with van der Waals surface area (Å²) < 4.78 is 5.23. The highest BCUT2D eigenvalue weighted by Gasteiger charge is 2.19. The number of benzene rings is 1. The molecule has 0 aliphatic heterocycles. The highest BCUT2D eigenvalue weighted by molar-refractivity contribution is 5.77. The molecule has 0 fully saturated rings. The van der Waals surface area contributed by atoms with Crippen molar-refractivity contribution in [3.63, 3.8) is 0 Å². The number of carboxylic acids is 2. The third-order valence-corrected chi connectivity index (χ3v) is 2.48. The van der Waals surface area contributed by atoms with E-state index in [0.717, 1.165) is 5.56 Å². The van der Waals surface area contributed by atoms with Crippen molar-refractivity contribution >= 4 is 11.9 Å². The molecule has 5 nitrogen and oxygen atoms in total. The van der Waals surface area contributed by atoms with Gasteiger partial charge in [0.15, 0.2) is 0 Å². The van der Waals surface area contributed by atoms with E-state index >= 15 is 0 Å². The molecule has 0 spiro atoms. The van der Waals surface area contributed by atoms with Crippen LogP contribution in [0.15, 0.2) is 42.7 Å². The summed E-state index contributed by atoms with van der Waals surface area (Å²) in [7, 11) is 0. The second-order valence-electron chi connectivity index (χ2n) is 4.04. The molecule has 0 aromatic heterocycles. The van der Waals surface area contributed by atoms with Gasteiger partial charge in [-0.15, -0.1) is 0 Å². The van der Waals surface area contributed by atoms with Crippen LogP contribution >= 0.6 is 0 Å². The van der Waals surface area contributed by atoms with Crippen molar-refractivity contribution in [2.45, 2.75) is 19.4 Å². The molecule has 1 rings (SSSR count). The molecule has 102 valence electrons. The van der Waals surface area contributed by atoms with E-state index in [-0.39, 0.29) is 6.42 Å². The number of allylic oxidation sites excluding steroid dienone is 1. The molecule has 0 heterocycles. The van der Waals surface area contributed by atoms with Crippen LogP contribution in [-0.2, 0) is 20.9 Å². The molecule has 1 unspecified atom stereocenters. The van der Waals surface area contributed by atoms with Gasteiger partial charge in [0.2, 0.25) is 0 Å². The van der Waals surface area contributed by atoms with Crippen LogP contribution in [0.3, 0.4) is 0 Å². The monoisotopic (exact) mass is 264 g/mol. The van der Waals surface area contributed by atoms with Crippen LogP contribution in [0.1, 0.15) is 18.4 Å². The summed E-state index contributed by atoms with van der Waals surface area (Å²) in [6, 6.07) is 9.53. The Morgan fingerprint density at radius 1 is 1.21 bits per heavy atom. The van der Waals surface area contributed by atoms with Crippen molar-refractivity contribution in [3.05, 3.63) is 48.2 Å². The number of rotatable bonds is 8. The lowest BCUT2D eigenvalue weighted by Gasteiger charge is -2.06.